The molecule has 2 heterocycles. The van der Waals surface area contributed by atoms with Crippen LogP contribution < -0.4 is 9.47 Å². The van der Waals surface area contributed by atoms with Gasteiger partial charge in [0.15, 0.2) is 0 Å². The molecule has 2 saturated carbocycles. The van der Waals surface area contributed by atoms with Crippen molar-refractivity contribution in [1.29, 1.82) is 0 Å². The van der Waals surface area contributed by atoms with Gasteiger partial charge < -0.3 is 23.8 Å². The number of hydrogen-bond donors (Lipinski definition) is 0. The van der Waals surface area contributed by atoms with E-state index in [9.17, 15) is 14.4 Å². The number of allylic oxidation sites excluding steroid dienone is 1. The summed E-state index contributed by atoms with van der Waals surface area (Å²) in [6.07, 6.45) is 9.11. The fourth-order valence-electron chi connectivity index (χ4n) is 8.09. The highest BCUT2D eigenvalue weighted by molar-refractivity contribution is 5.89. The van der Waals surface area contributed by atoms with Gasteiger partial charge in [0.2, 0.25) is 11.8 Å². The Hall–Kier alpha value is -3.95. The lowest BCUT2D eigenvalue weighted by Crippen LogP contribution is -2.49. The van der Waals surface area contributed by atoms with Gasteiger partial charge in [-0.05, 0) is 79.9 Å². The third-order valence-corrected chi connectivity index (χ3v) is 10.8. The van der Waals surface area contributed by atoms with Crippen molar-refractivity contribution in [2.24, 2.45) is 35.0 Å². The Morgan fingerprint density at radius 2 is 1.83 bits per heavy atom. The molecule has 2 aliphatic carbocycles. The number of ether oxygens (including phenoxy) is 4. The van der Waals surface area contributed by atoms with Crippen LogP contribution in [0.25, 0.3) is 17.1 Å². The predicted molar refractivity (Wildman–Crippen MR) is 183 cm³/mol. The summed E-state index contributed by atoms with van der Waals surface area (Å²) in [5, 5.41) is 0. The van der Waals surface area contributed by atoms with Gasteiger partial charge in [-0.2, -0.15) is 0 Å². The zero-order valence-electron chi connectivity index (χ0n) is 29.3. The fourth-order valence-corrected chi connectivity index (χ4v) is 8.09. The largest absolute Gasteiger partial charge is 0.497 e. The maximum absolute atomic E-state index is 14.5. The van der Waals surface area contributed by atoms with Gasteiger partial charge in [0.05, 0.1) is 44.1 Å². The van der Waals surface area contributed by atoms with E-state index in [-0.39, 0.29) is 36.8 Å². The monoisotopic (exact) mass is 661 g/mol. The first-order valence-electron chi connectivity index (χ1n) is 17.2. The number of rotatable bonds is 13. The highest BCUT2D eigenvalue weighted by Gasteiger charge is 2.52. The van der Waals surface area contributed by atoms with Crippen LogP contribution >= 0.6 is 0 Å². The summed E-state index contributed by atoms with van der Waals surface area (Å²) >= 11 is 0. The van der Waals surface area contributed by atoms with E-state index in [2.05, 4.69) is 18.1 Å². The minimum absolute atomic E-state index is 0.0709. The second-order valence-electron chi connectivity index (χ2n) is 14.7. The average Bonchev–Trinajstić information content (AvgIpc) is 3.76. The fraction of sp³-hybridized carbons (Fsp3) is 0.605. The highest BCUT2D eigenvalue weighted by Crippen LogP contribution is 2.52. The number of aromatic nitrogens is 2. The Morgan fingerprint density at radius 1 is 1.08 bits per heavy atom. The molecule has 2 aromatic rings. The molecule has 0 N–H and O–H groups in total. The lowest BCUT2D eigenvalue weighted by atomic mass is 9.77. The van der Waals surface area contributed by atoms with Crippen LogP contribution in [0, 0.1) is 35.0 Å². The molecule has 1 aromatic carbocycles. The van der Waals surface area contributed by atoms with Crippen molar-refractivity contribution in [1.82, 2.24) is 14.9 Å². The number of esters is 2. The molecule has 0 radical (unpaired) electrons. The van der Waals surface area contributed by atoms with Crippen molar-refractivity contribution in [3.8, 4) is 11.6 Å². The summed E-state index contributed by atoms with van der Waals surface area (Å²) in [7, 11) is 2.89. The van der Waals surface area contributed by atoms with Crippen LogP contribution in [0.5, 0.6) is 11.6 Å². The zero-order valence-corrected chi connectivity index (χ0v) is 29.3. The van der Waals surface area contributed by atoms with Gasteiger partial charge in [0, 0.05) is 12.0 Å². The van der Waals surface area contributed by atoms with Gasteiger partial charge >= 0.3 is 11.9 Å². The normalized spacial score (nSPS) is 27.0. The summed E-state index contributed by atoms with van der Waals surface area (Å²) < 4.78 is 23.2. The molecule has 1 aliphatic heterocycles. The molecular weight excluding hydrogens is 610 g/mol. The van der Waals surface area contributed by atoms with Crippen molar-refractivity contribution < 1.29 is 33.3 Å². The van der Waals surface area contributed by atoms with Gasteiger partial charge in [-0.15, -0.1) is 6.58 Å². The Morgan fingerprint density at radius 3 is 2.50 bits per heavy atom. The highest BCUT2D eigenvalue weighted by atomic mass is 16.5. The molecule has 1 saturated heterocycles. The van der Waals surface area contributed by atoms with E-state index in [1.165, 1.54) is 18.4 Å². The molecule has 8 atom stereocenters. The Bertz CT molecular complexity index is 1530. The van der Waals surface area contributed by atoms with Crippen LogP contribution in [0.3, 0.4) is 0 Å². The van der Waals surface area contributed by atoms with Gasteiger partial charge in [-0.3, -0.25) is 9.59 Å². The molecule has 260 valence electrons. The first kappa shape index (κ1) is 35.4. The molecule has 0 unspecified atom stereocenters. The van der Waals surface area contributed by atoms with E-state index in [0.717, 1.165) is 32.1 Å². The number of benzene rings is 1. The van der Waals surface area contributed by atoms with Crippen LogP contribution in [-0.4, -0.2) is 71.7 Å². The quantitative estimate of drug-likeness (QED) is 0.136. The van der Waals surface area contributed by atoms with Crippen molar-refractivity contribution in [2.75, 3.05) is 20.8 Å². The number of hydrogen-bond acceptors (Lipinski definition) is 9. The molecule has 1 aromatic heterocycles. The number of likely N-dealkylation sites (tertiary alicyclic amines) is 1. The topological polar surface area (TPSA) is 117 Å². The lowest BCUT2D eigenvalue weighted by molar-refractivity contribution is -0.162. The van der Waals surface area contributed by atoms with Crippen molar-refractivity contribution in [3.05, 3.63) is 43.1 Å². The summed E-state index contributed by atoms with van der Waals surface area (Å²) in [5.74, 6) is -0.168. The van der Waals surface area contributed by atoms with Crippen LogP contribution in [0.4, 0.5) is 0 Å². The minimum atomic E-state index is -0.908. The summed E-state index contributed by atoms with van der Waals surface area (Å²) in [6.45, 7) is 15.5. The van der Waals surface area contributed by atoms with Crippen molar-refractivity contribution in [2.45, 2.75) is 90.9 Å². The Labute approximate surface area is 284 Å². The maximum Gasteiger partial charge on any atom is 0.329 e. The van der Waals surface area contributed by atoms with Gasteiger partial charge in [-0.25, -0.2) is 14.8 Å². The van der Waals surface area contributed by atoms with Crippen molar-refractivity contribution >= 4 is 35.0 Å². The Balaban J connectivity index is 1.36. The van der Waals surface area contributed by atoms with E-state index in [1.807, 2.05) is 39.8 Å². The van der Waals surface area contributed by atoms with Gasteiger partial charge in [-0.1, -0.05) is 40.3 Å². The third-order valence-electron chi connectivity index (χ3n) is 10.8. The molecule has 1 amide bonds. The molecule has 5 rings (SSSR count). The SMILES string of the molecule is C=CCCC[C@@H]1[C@@H]2CC[C@@H](C2)[C@H]1OC(=O)C[C@H](C(=O)N1C[C@H](Oc2nc3cc(OC)ccc3nc2C=C)[C@@H](C)[C@H]1C(=O)OC)C(C)(C)C. The predicted octanol–water partition coefficient (Wildman–Crippen LogP) is 6.42. The smallest absolute Gasteiger partial charge is 0.329 e. The number of carbonyl (C=O) groups is 3. The van der Waals surface area contributed by atoms with Crippen LogP contribution in [0.2, 0.25) is 0 Å². The molecule has 0 spiro atoms. The second-order valence-corrected chi connectivity index (χ2v) is 14.7. The summed E-state index contributed by atoms with van der Waals surface area (Å²) in [5.41, 5.74) is 1.08. The van der Waals surface area contributed by atoms with E-state index < -0.39 is 35.4 Å². The number of methoxy groups -OCH3 is 2. The molecule has 10 nitrogen and oxygen atoms in total. The average molecular weight is 662 g/mol. The van der Waals surface area contributed by atoms with Gasteiger partial charge in [0.1, 0.15) is 29.7 Å². The molecule has 3 aliphatic rings. The minimum Gasteiger partial charge on any atom is -0.497 e. The van der Waals surface area contributed by atoms with E-state index in [4.69, 9.17) is 23.9 Å². The molecule has 48 heavy (non-hydrogen) atoms. The zero-order chi connectivity index (χ0) is 34.7. The van der Waals surface area contributed by atoms with E-state index in [0.29, 0.717) is 40.2 Å². The number of fused-ring (bicyclic) bond motifs is 3. The molecular formula is C38H51N3O7. The van der Waals surface area contributed by atoms with Crippen molar-refractivity contribution in [3.63, 3.8) is 0 Å². The van der Waals surface area contributed by atoms with E-state index >= 15 is 0 Å². The number of carbonyl (C=O) groups excluding carboxylic acids is 3. The van der Waals surface area contributed by atoms with E-state index in [1.54, 1.807) is 25.3 Å². The number of amides is 1. The van der Waals surface area contributed by atoms with Crippen LogP contribution in [0.15, 0.2) is 37.4 Å². The molecule has 10 heteroatoms. The van der Waals surface area contributed by atoms with Crippen LogP contribution in [-0.2, 0) is 23.9 Å². The van der Waals surface area contributed by atoms with Gasteiger partial charge in [0.25, 0.3) is 0 Å². The number of nitrogens with zero attached hydrogens (tertiary/aromatic N) is 3. The second kappa shape index (κ2) is 14.7. The lowest BCUT2D eigenvalue weighted by Gasteiger charge is -2.35. The Kier molecular flexibility index (Phi) is 10.8. The first-order valence-corrected chi connectivity index (χ1v) is 17.2. The van der Waals surface area contributed by atoms with Crippen LogP contribution in [0.1, 0.15) is 78.3 Å². The summed E-state index contributed by atoms with van der Waals surface area (Å²) in [6, 6.07) is 4.46. The molecule has 3 fully saturated rings. The standard InChI is InChI=1S/C38H51N3O7/c1-9-11-12-13-26-23-14-15-24(18-23)34(26)48-32(42)20-27(38(4,5)6)36(43)41-21-31(22(3)33(41)37(44)46-8)47-35-28(10-2)39-29-17-16-25(45-7)19-30(29)40-35/h9-10,16-17,19,22-24,26-27,31,33-34H,1-2,11-15,18,20-21H2,3-8H3/t22-,23-,24+,26-,27-,31+,33+,34-/m1/s1. The summed E-state index contributed by atoms with van der Waals surface area (Å²) in [4.78, 5) is 52.2. The molecule has 2 bridgehead atoms. The first-order chi connectivity index (χ1) is 22.9. The third kappa shape index (κ3) is 7.22. The maximum atomic E-state index is 14.5. The number of unbranched alkanes of at least 4 members (excludes halogenated alkanes) is 1.